The van der Waals surface area contributed by atoms with Gasteiger partial charge in [-0.2, -0.15) is 0 Å². The Balaban J connectivity index is 1.08. The van der Waals surface area contributed by atoms with E-state index in [0.717, 1.165) is 17.7 Å². The lowest BCUT2D eigenvalue weighted by Gasteiger charge is -2.34. The minimum atomic E-state index is -0.522. The summed E-state index contributed by atoms with van der Waals surface area (Å²) >= 11 is 0. The van der Waals surface area contributed by atoms with Crippen LogP contribution < -0.4 is 15.4 Å². The van der Waals surface area contributed by atoms with E-state index in [-0.39, 0.29) is 5.91 Å². The quantitative estimate of drug-likeness (QED) is 0.401. The molecule has 6 rings (SSSR count). The summed E-state index contributed by atoms with van der Waals surface area (Å²) in [6.45, 7) is 3.23. The molecule has 0 spiro atoms. The summed E-state index contributed by atoms with van der Waals surface area (Å²) < 4.78 is 5.72. The molecule has 2 amide bonds. The molecule has 1 saturated heterocycles. The van der Waals surface area contributed by atoms with Crippen molar-refractivity contribution in [3.8, 4) is 17.1 Å². The maximum atomic E-state index is 13.1. The van der Waals surface area contributed by atoms with E-state index >= 15 is 0 Å². The van der Waals surface area contributed by atoms with Crippen molar-refractivity contribution in [1.82, 2.24) is 24.8 Å². The van der Waals surface area contributed by atoms with Gasteiger partial charge in [-0.05, 0) is 43.0 Å². The average Bonchev–Trinajstić information content (AvgIpc) is 3.67. The highest BCUT2D eigenvalue weighted by Gasteiger charge is 2.24. The van der Waals surface area contributed by atoms with Crippen LogP contribution in [0.4, 0.5) is 5.95 Å². The standard InChI is InChI=1S/C27H27N7O3/c28-24(35)21-2-1-3-22-23(21)32-25(31-22)18-6-8-19(9-7-18)26(36)33-10-12-34(13-11-33)27-29-14-20(15-30-27)37-16-17-4-5-17/h1-3,6-9,14-15,17H,4-5,10-13,16H2,(H2,28,35)(H,31,32). The maximum Gasteiger partial charge on any atom is 0.253 e. The number of hydrogen-bond donors (Lipinski definition) is 2. The Labute approximate surface area is 213 Å². The number of anilines is 1. The third-order valence-corrected chi connectivity index (χ3v) is 6.83. The summed E-state index contributed by atoms with van der Waals surface area (Å²) in [5.41, 5.74) is 8.53. The van der Waals surface area contributed by atoms with E-state index < -0.39 is 5.91 Å². The number of nitrogens with zero attached hydrogens (tertiary/aromatic N) is 5. The van der Waals surface area contributed by atoms with Crippen molar-refractivity contribution in [2.45, 2.75) is 12.8 Å². The normalized spacial score (nSPS) is 15.7. The molecule has 37 heavy (non-hydrogen) atoms. The molecule has 188 valence electrons. The van der Waals surface area contributed by atoms with Crippen molar-refractivity contribution >= 4 is 28.8 Å². The first-order chi connectivity index (χ1) is 18.0. The van der Waals surface area contributed by atoms with Crippen molar-refractivity contribution < 1.29 is 14.3 Å². The van der Waals surface area contributed by atoms with Crippen molar-refractivity contribution in [3.05, 3.63) is 66.0 Å². The van der Waals surface area contributed by atoms with Gasteiger partial charge in [-0.1, -0.05) is 18.2 Å². The fourth-order valence-corrected chi connectivity index (χ4v) is 4.48. The number of nitrogens with two attached hydrogens (primary N) is 1. The lowest BCUT2D eigenvalue weighted by molar-refractivity contribution is 0.0746. The number of ether oxygens (including phenoxy) is 1. The molecule has 2 fully saturated rings. The second-order valence-electron chi connectivity index (χ2n) is 9.48. The molecular weight excluding hydrogens is 470 g/mol. The van der Waals surface area contributed by atoms with Crippen LogP contribution in [0.15, 0.2) is 54.9 Å². The summed E-state index contributed by atoms with van der Waals surface area (Å²) in [4.78, 5) is 45.4. The Hall–Kier alpha value is -4.47. The number of para-hydroxylation sites is 1. The first kappa shape index (κ1) is 23.0. The number of carbonyl (C=O) groups excluding carboxylic acids is 2. The molecule has 2 aromatic carbocycles. The number of carbonyl (C=O) groups is 2. The van der Waals surface area contributed by atoms with Crippen molar-refractivity contribution in [2.24, 2.45) is 11.7 Å². The zero-order valence-electron chi connectivity index (χ0n) is 20.3. The zero-order valence-corrected chi connectivity index (χ0v) is 20.3. The van der Waals surface area contributed by atoms with Crippen molar-refractivity contribution in [2.75, 3.05) is 37.7 Å². The molecule has 0 radical (unpaired) electrons. The van der Waals surface area contributed by atoms with Gasteiger partial charge in [0.2, 0.25) is 5.95 Å². The predicted molar refractivity (Wildman–Crippen MR) is 138 cm³/mol. The number of piperazine rings is 1. The van der Waals surface area contributed by atoms with Crippen LogP contribution >= 0.6 is 0 Å². The minimum Gasteiger partial charge on any atom is -0.490 e. The van der Waals surface area contributed by atoms with Crippen LogP contribution in [0.5, 0.6) is 5.75 Å². The van der Waals surface area contributed by atoms with Crippen LogP contribution in [0.3, 0.4) is 0 Å². The molecule has 1 aliphatic heterocycles. The molecule has 2 aromatic heterocycles. The minimum absolute atomic E-state index is 0.0171. The number of primary amides is 1. The molecule has 0 unspecified atom stereocenters. The van der Waals surface area contributed by atoms with E-state index in [0.29, 0.717) is 66.3 Å². The van der Waals surface area contributed by atoms with Gasteiger partial charge in [-0.25, -0.2) is 15.0 Å². The number of imidazole rings is 1. The van der Waals surface area contributed by atoms with E-state index in [4.69, 9.17) is 10.5 Å². The molecule has 0 bridgehead atoms. The van der Waals surface area contributed by atoms with Gasteiger partial charge in [0.1, 0.15) is 11.3 Å². The highest BCUT2D eigenvalue weighted by atomic mass is 16.5. The van der Waals surface area contributed by atoms with Crippen LogP contribution in [-0.4, -0.2) is 69.4 Å². The average molecular weight is 498 g/mol. The van der Waals surface area contributed by atoms with Gasteiger partial charge in [0, 0.05) is 37.3 Å². The predicted octanol–water partition coefficient (Wildman–Crippen LogP) is 2.87. The van der Waals surface area contributed by atoms with E-state index in [9.17, 15) is 9.59 Å². The molecule has 2 aliphatic rings. The second-order valence-corrected chi connectivity index (χ2v) is 9.48. The Morgan fingerprint density at radius 2 is 1.73 bits per heavy atom. The molecule has 3 N–H and O–H groups in total. The molecule has 10 heteroatoms. The second kappa shape index (κ2) is 9.53. The topological polar surface area (TPSA) is 130 Å². The lowest BCUT2D eigenvalue weighted by atomic mass is 10.1. The molecule has 4 aromatic rings. The molecule has 0 atom stereocenters. The number of aromatic amines is 1. The van der Waals surface area contributed by atoms with Crippen LogP contribution in [0.1, 0.15) is 33.6 Å². The number of H-pyrrole nitrogens is 1. The third-order valence-electron chi connectivity index (χ3n) is 6.83. The fourth-order valence-electron chi connectivity index (χ4n) is 4.48. The van der Waals surface area contributed by atoms with Crippen molar-refractivity contribution in [1.29, 1.82) is 0 Å². The van der Waals surface area contributed by atoms with E-state index in [2.05, 4.69) is 24.8 Å². The Bertz CT molecular complexity index is 1440. The number of fused-ring (bicyclic) bond motifs is 1. The highest BCUT2D eigenvalue weighted by molar-refractivity contribution is 6.04. The maximum absolute atomic E-state index is 13.1. The lowest BCUT2D eigenvalue weighted by Crippen LogP contribution is -2.49. The molecule has 1 aliphatic carbocycles. The first-order valence-electron chi connectivity index (χ1n) is 12.4. The molecule has 3 heterocycles. The van der Waals surface area contributed by atoms with Crippen molar-refractivity contribution in [3.63, 3.8) is 0 Å². The summed E-state index contributed by atoms with van der Waals surface area (Å²) in [6, 6.07) is 12.6. The number of aromatic nitrogens is 4. The summed E-state index contributed by atoms with van der Waals surface area (Å²) in [6.07, 6.45) is 5.93. The number of amides is 2. The fraction of sp³-hybridized carbons (Fsp3) is 0.296. The van der Waals surface area contributed by atoms with Crippen LogP contribution in [-0.2, 0) is 0 Å². The van der Waals surface area contributed by atoms with E-state index in [1.807, 2.05) is 23.1 Å². The summed E-state index contributed by atoms with van der Waals surface area (Å²) in [5.74, 6) is 2.11. The summed E-state index contributed by atoms with van der Waals surface area (Å²) in [7, 11) is 0. The Morgan fingerprint density at radius 1 is 1.00 bits per heavy atom. The Kier molecular flexibility index (Phi) is 5.91. The smallest absolute Gasteiger partial charge is 0.253 e. The van der Waals surface area contributed by atoms with Gasteiger partial charge in [-0.15, -0.1) is 0 Å². The molecule has 1 saturated carbocycles. The van der Waals surface area contributed by atoms with Crippen LogP contribution in [0, 0.1) is 5.92 Å². The number of nitrogens with one attached hydrogen (secondary N) is 1. The monoisotopic (exact) mass is 497 g/mol. The third kappa shape index (κ3) is 4.82. The number of hydrogen-bond acceptors (Lipinski definition) is 7. The van der Waals surface area contributed by atoms with Gasteiger partial charge in [0.05, 0.1) is 30.1 Å². The highest BCUT2D eigenvalue weighted by Crippen LogP contribution is 2.29. The van der Waals surface area contributed by atoms with Gasteiger partial charge in [0.25, 0.3) is 11.8 Å². The summed E-state index contributed by atoms with van der Waals surface area (Å²) in [5, 5.41) is 0. The number of rotatable bonds is 7. The van der Waals surface area contributed by atoms with E-state index in [1.54, 1.807) is 36.7 Å². The SMILES string of the molecule is NC(=O)c1cccc2[nH]c(-c3ccc(C(=O)N4CCN(c5ncc(OCC6CC6)cn5)CC4)cc3)nc12. The van der Waals surface area contributed by atoms with Gasteiger partial charge >= 0.3 is 0 Å². The first-order valence-corrected chi connectivity index (χ1v) is 12.4. The number of benzene rings is 2. The van der Waals surface area contributed by atoms with Crippen LogP contribution in [0.25, 0.3) is 22.4 Å². The molecular formula is C27H27N7O3. The largest absolute Gasteiger partial charge is 0.490 e. The zero-order chi connectivity index (χ0) is 25.4. The van der Waals surface area contributed by atoms with Crippen LogP contribution in [0.2, 0.25) is 0 Å². The van der Waals surface area contributed by atoms with Gasteiger partial charge in [0.15, 0.2) is 5.75 Å². The molecule has 10 nitrogen and oxygen atoms in total. The van der Waals surface area contributed by atoms with Gasteiger partial charge in [-0.3, -0.25) is 9.59 Å². The Morgan fingerprint density at radius 3 is 2.41 bits per heavy atom. The van der Waals surface area contributed by atoms with Gasteiger partial charge < -0.3 is 25.3 Å². The van der Waals surface area contributed by atoms with E-state index in [1.165, 1.54) is 12.8 Å².